The van der Waals surface area contributed by atoms with E-state index in [2.05, 4.69) is 0 Å². The maximum Gasteiger partial charge on any atom is 0.342 e. The molecule has 0 saturated heterocycles. The van der Waals surface area contributed by atoms with Gasteiger partial charge < -0.3 is 20.3 Å². The van der Waals surface area contributed by atoms with Crippen LogP contribution in [0.3, 0.4) is 0 Å². The number of nitrogens with two attached hydrogens (primary N) is 1. The number of methoxy groups -OCH3 is 1. The average Bonchev–Trinajstić information content (AvgIpc) is 2.52. The van der Waals surface area contributed by atoms with E-state index in [4.69, 9.17) is 20.3 Å². The maximum atomic E-state index is 12.0. The molecule has 0 unspecified atom stereocenters. The molecular formula is C16H17NO4. The van der Waals surface area contributed by atoms with E-state index in [-0.39, 0.29) is 13.2 Å². The number of aliphatic hydroxyl groups excluding tert-OH is 1. The number of hydrogen-bond donors (Lipinski definition) is 2. The lowest BCUT2D eigenvalue weighted by Crippen LogP contribution is -2.07. The number of ether oxygens (including phenoxy) is 2. The number of rotatable bonds is 5. The van der Waals surface area contributed by atoms with Gasteiger partial charge in [-0.25, -0.2) is 4.79 Å². The van der Waals surface area contributed by atoms with Crippen molar-refractivity contribution in [2.24, 2.45) is 0 Å². The topological polar surface area (TPSA) is 81.8 Å². The lowest BCUT2D eigenvalue weighted by molar-refractivity contribution is 0.0469. The van der Waals surface area contributed by atoms with Gasteiger partial charge >= 0.3 is 5.97 Å². The molecule has 5 nitrogen and oxygen atoms in total. The van der Waals surface area contributed by atoms with E-state index in [1.165, 1.54) is 7.11 Å². The molecule has 0 aromatic heterocycles. The molecule has 0 radical (unpaired) electrons. The van der Waals surface area contributed by atoms with Gasteiger partial charge in [-0.15, -0.1) is 0 Å². The Balaban J connectivity index is 2.04. The molecular weight excluding hydrogens is 270 g/mol. The Kier molecular flexibility index (Phi) is 4.79. The van der Waals surface area contributed by atoms with Crippen LogP contribution in [0.5, 0.6) is 5.75 Å². The van der Waals surface area contributed by atoms with Crippen LogP contribution in [0, 0.1) is 0 Å². The van der Waals surface area contributed by atoms with Crippen molar-refractivity contribution in [2.45, 2.75) is 13.2 Å². The minimum atomic E-state index is -0.474. The first-order valence-electron chi connectivity index (χ1n) is 6.43. The number of nitrogen functional groups attached to an aromatic ring is 1. The third-order valence-electron chi connectivity index (χ3n) is 3.02. The Morgan fingerprint density at radius 2 is 1.81 bits per heavy atom. The number of benzene rings is 2. The maximum absolute atomic E-state index is 12.0. The molecule has 0 amide bonds. The van der Waals surface area contributed by atoms with Crippen LogP contribution in [-0.2, 0) is 18.0 Å². The van der Waals surface area contributed by atoms with E-state index in [1.54, 1.807) is 42.5 Å². The van der Waals surface area contributed by atoms with Crippen LogP contribution in [0.25, 0.3) is 0 Å². The van der Waals surface area contributed by atoms with Gasteiger partial charge in [0, 0.05) is 11.8 Å². The van der Waals surface area contributed by atoms with Crippen molar-refractivity contribution in [2.75, 3.05) is 12.8 Å². The molecule has 0 aliphatic carbocycles. The van der Waals surface area contributed by atoms with Gasteiger partial charge in [-0.05, 0) is 23.3 Å². The second-order valence-electron chi connectivity index (χ2n) is 4.51. The van der Waals surface area contributed by atoms with Crippen LogP contribution >= 0.6 is 0 Å². The van der Waals surface area contributed by atoms with Crippen molar-refractivity contribution in [3.05, 3.63) is 59.2 Å². The van der Waals surface area contributed by atoms with Crippen molar-refractivity contribution < 1.29 is 19.4 Å². The Morgan fingerprint density at radius 1 is 1.14 bits per heavy atom. The predicted octanol–water partition coefficient (Wildman–Crippen LogP) is 2.13. The number of anilines is 1. The van der Waals surface area contributed by atoms with E-state index in [1.807, 2.05) is 0 Å². The molecule has 0 bridgehead atoms. The molecule has 110 valence electrons. The number of esters is 1. The average molecular weight is 287 g/mol. The van der Waals surface area contributed by atoms with Gasteiger partial charge in [-0.2, -0.15) is 0 Å². The molecule has 0 aliphatic heterocycles. The van der Waals surface area contributed by atoms with Crippen molar-refractivity contribution >= 4 is 11.7 Å². The zero-order valence-electron chi connectivity index (χ0n) is 11.7. The summed E-state index contributed by atoms with van der Waals surface area (Å²) in [5, 5.41) is 8.97. The van der Waals surface area contributed by atoms with Gasteiger partial charge in [0.05, 0.1) is 13.7 Å². The predicted molar refractivity (Wildman–Crippen MR) is 78.9 cm³/mol. The highest BCUT2D eigenvalue weighted by Crippen LogP contribution is 2.22. The van der Waals surface area contributed by atoms with Crippen molar-refractivity contribution in [3.8, 4) is 5.75 Å². The molecule has 3 N–H and O–H groups in total. The zero-order valence-corrected chi connectivity index (χ0v) is 11.7. The number of carbonyl (C=O) groups excluding carboxylic acids is 1. The van der Waals surface area contributed by atoms with Gasteiger partial charge in [0.2, 0.25) is 0 Å². The van der Waals surface area contributed by atoms with E-state index in [0.29, 0.717) is 17.0 Å². The van der Waals surface area contributed by atoms with E-state index in [0.717, 1.165) is 11.1 Å². The van der Waals surface area contributed by atoms with Crippen LogP contribution in [0.15, 0.2) is 42.5 Å². The summed E-state index contributed by atoms with van der Waals surface area (Å²) in [5.41, 5.74) is 8.14. The molecule has 0 saturated carbocycles. The lowest BCUT2D eigenvalue weighted by atomic mass is 10.1. The van der Waals surface area contributed by atoms with Gasteiger partial charge in [0.15, 0.2) is 0 Å². The molecule has 0 spiro atoms. The minimum absolute atomic E-state index is 0.0112. The summed E-state index contributed by atoms with van der Waals surface area (Å²) < 4.78 is 10.4. The minimum Gasteiger partial charge on any atom is -0.496 e. The fraction of sp³-hybridized carbons (Fsp3) is 0.188. The van der Waals surface area contributed by atoms with Crippen LogP contribution < -0.4 is 10.5 Å². The number of aliphatic hydroxyl groups is 1. The van der Waals surface area contributed by atoms with Gasteiger partial charge in [0.1, 0.15) is 17.9 Å². The van der Waals surface area contributed by atoms with Crippen LogP contribution in [0.4, 0.5) is 5.69 Å². The summed E-state index contributed by atoms with van der Waals surface area (Å²) in [4.78, 5) is 12.0. The van der Waals surface area contributed by atoms with Crippen LogP contribution in [-0.4, -0.2) is 18.2 Å². The molecule has 5 heteroatoms. The van der Waals surface area contributed by atoms with E-state index >= 15 is 0 Å². The Labute approximate surface area is 122 Å². The summed E-state index contributed by atoms with van der Waals surface area (Å²) in [6, 6.07) is 11.9. The van der Waals surface area contributed by atoms with Gasteiger partial charge in [-0.3, -0.25) is 0 Å². The van der Waals surface area contributed by atoms with Crippen molar-refractivity contribution in [1.82, 2.24) is 0 Å². The summed E-state index contributed by atoms with van der Waals surface area (Å²) in [6.45, 7) is 0.140. The number of carbonyl (C=O) groups is 1. The van der Waals surface area contributed by atoms with E-state index in [9.17, 15) is 4.79 Å². The third kappa shape index (κ3) is 3.73. The highest BCUT2D eigenvalue weighted by atomic mass is 16.5. The zero-order chi connectivity index (χ0) is 15.2. The van der Waals surface area contributed by atoms with Crippen molar-refractivity contribution in [1.29, 1.82) is 0 Å². The second kappa shape index (κ2) is 6.76. The summed E-state index contributed by atoms with van der Waals surface area (Å²) in [7, 11) is 1.47. The third-order valence-corrected chi connectivity index (χ3v) is 3.02. The standard InChI is InChI=1S/C16H17NO4/c1-20-15-8-13(17)6-7-14(15)16(19)21-10-12-4-2-11(9-18)3-5-12/h2-8,18H,9-10,17H2,1H3. The first kappa shape index (κ1) is 14.9. The van der Waals surface area contributed by atoms with E-state index < -0.39 is 5.97 Å². The normalized spacial score (nSPS) is 10.2. The highest BCUT2D eigenvalue weighted by Gasteiger charge is 2.14. The van der Waals surface area contributed by atoms with Gasteiger partial charge in [0.25, 0.3) is 0 Å². The quantitative estimate of drug-likeness (QED) is 0.650. The smallest absolute Gasteiger partial charge is 0.342 e. The molecule has 2 aromatic carbocycles. The first-order valence-corrected chi connectivity index (χ1v) is 6.43. The molecule has 0 aliphatic rings. The Hall–Kier alpha value is -2.53. The summed E-state index contributed by atoms with van der Waals surface area (Å²) >= 11 is 0. The number of hydrogen-bond acceptors (Lipinski definition) is 5. The van der Waals surface area contributed by atoms with Crippen LogP contribution in [0.2, 0.25) is 0 Å². The van der Waals surface area contributed by atoms with Crippen molar-refractivity contribution in [3.63, 3.8) is 0 Å². The molecule has 0 atom stereocenters. The molecule has 0 heterocycles. The molecule has 0 fully saturated rings. The van der Waals surface area contributed by atoms with Gasteiger partial charge in [-0.1, -0.05) is 24.3 Å². The monoisotopic (exact) mass is 287 g/mol. The summed E-state index contributed by atoms with van der Waals surface area (Å²) in [5.74, 6) is -0.0892. The largest absolute Gasteiger partial charge is 0.496 e. The Morgan fingerprint density at radius 3 is 2.43 bits per heavy atom. The fourth-order valence-electron chi connectivity index (χ4n) is 1.84. The molecule has 2 rings (SSSR count). The highest BCUT2D eigenvalue weighted by molar-refractivity contribution is 5.93. The first-order chi connectivity index (χ1) is 10.1. The second-order valence-corrected chi connectivity index (χ2v) is 4.51. The van der Waals surface area contributed by atoms with Crippen LogP contribution in [0.1, 0.15) is 21.5 Å². The Bertz CT molecular complexity index is 623. The fourth-order valence-corrected chi connectivity index (χ4v) is 1.84. The molecule has 21 heavy (non-hydrogen) atoms. The SMILES string of the molecule is COc1cc(N)ccc1C(=O)OCc1ccc(CO)cc1. The molecule has 2 aromatic rings. The summed E-state index contributed by atoms with van der Waals surface area (Å²) in [6.07, 6.45) is 0. The lowest BCUT2D eigenvalue weighted by Gasteiger charge is -2.09.